The molecule has 0 atom stereocenters. The van der Waals surface area contributed by atoms with Gasteiger partial charge in [-0.05, 0) is 37.4 Å². The van der Waals surface area contributed by atoms with Gasteiger partial charge < -0.3 is 19.9 Å². The summed E-state index contributed by atoms with van der Waals surface area (Å²) in [6.07, 6.45) is 5.59. The summed E-state index contributed by atoms with van der Waals surface area (Å²) in [5.74, 6) is 2.15. The predicted octanol–water partition coefficient (Wildman–Crippen LogP) is 2.77. The molecule has 4 heteroatoms. The molecule has 0 aliphatic heterocycles. The highest BCUT2D eigenvalue weighted by atomic mass is 16.5. The van der Waals surface area contributed by atoms with Crippen molar-refractivity contribution in [3.05, 3.63) is 17.7 Å². The van der Waals surface area contributed by atoms with Crippen molar-refractivity contribution < 1.29 is 14.2 Å². The van der Waals surface area contributed by atoms with Gasteiger partial charge in [-0.15, -0.1) is 0 Å². The lowest BCUT2D eigenvalue weighted by Gasteiger charge is -2.15. The molecule has 0 aromatic heterocycles. The van der Waals surface area contributed by atoms with Crippen LogP contribution in [0.5, 0.6) is 17.2 Å². The van der Waals surface area contributed by atoms with Crippen LogP contribution in [0.3, 0.4) is 0 Å². The Kier molecular flexibility index (Phi) is 7.11. The molecule has 1 rings (SSSR count). The first-order valence-electron chi connectivity index (χ1n) is 6.76. The van der Waals surface area contributed by atoms with Gasteiger partial charge in [0.25, 0.3) is 0 Å². The van der Waals surface area contributed by atoms with Crippen molar-refractivity contribution in [2.75, 3.05) is 27.9 Å². The summed E-state index contributed by atoms with van der Waals surface area (Å²) in [5, 5.41) is 0. The van der Waals surface area contributed by atoms with Gasteiger partial charge in [0, 0.05) is 0 Å². The number of benzene rings is 1. The van der Waals surface area contributed by atoms with E-state index in [0.29, 0.717) is 11.5 Å². The van der Waals surface area contributed by atoms with Crippen LogP contribution in [-0.4, -0.2) is 27.9 Å². The molecular weight excluding hydrogens is 242 g/mol. The van der Waals surface area contributed by atoms with Crippen LogP contribution in [0.2, 0.25) is 0 Å². The van der Waals surface area contributed by atoms with Crippen molar-refractivity contribution in [3.8, 4) is 17.2 Å². The number of hydrogen-bond acceptors (Lipinski definition) is 4. The van der Waals surface area contributed by atoms with Crippen LogP contribution in [-0.2, 0) is 6.42 Å². The lowest BCUT2D eigenvalue weighted by Crippen LogP contribution is -2.00. The normalized spacial score (nSPS) is 10.3. The minimum Gasteiger partial charge on any atom is -0.493 e. The second kappa shape index (κ2) is 8.64. The Labute approximate surface area is 115 Å². The third-order valence-electron chi connectivity index (χ3n) is 3.19. The monoisotopic (exact) mass is 267 g/mol. The van der Waals surface area contributed by atoms with Crippen LogP contribution in [0, 0.1) is 0 Å². The fraction of sp³-hybridized carbons (Fsp3) is 0.600. The number of unbranched alkanes of at least 4 members (excludes halogenated alkanes) is 3. The van der Waals surface area contributed by atoms with Crippen LogP contribution >= 0.6 is 0 Å². The molecule has 0 bridgehead atoms. The first kappa shape index (κ1) is 15.6. The molecule has 1 aromatic carbocycles. The second-order valence-electron chi connectivity index (χ2n) is 4.45. The topological polar surface area (TPSA) is 53.7 Å². The molecule has 108 valence electrons. The summed E-state index contributed by atoms with van der Waals surface area (Å²) in [6, 6.07) is 3.97. The van der Waals surface area contributed by atoms with E-state index in [1.54, 1.807) is 21.3 Å². The smallest absolute Gasteiger partial charge is 0.203 e. The van der Waals surface area contributed by atoms with Gasteiger partial charge in [-0.2, -0.15) is 0 Å². The van der Waals surface area contributed by atoms with E-state index in [0.717, 1.165) is 37.1 Å². The largest absolute Gasteiger partial charge is 0.493 e. The average molecular weight is 267 g/mol. The van der Waals surface area contributed by atoms with Gasteiger partial charge in [-0.3, -0.25) is 0 Å². The molecule has 0 saturated carbocycles. The van der Waals surface area contributed by atoms with E-state index < -0.39 is 0 Å². The second-order valence-corrected chi connectivity index (χ2v) is 4.45. The zero-order valence-electron chi connectivity index (χ0n) is 12.2. The summed E-state index contributed by atoms with van der Waals surface area (Å²) >= 11 is 0. The predicted molar refractivity (Wildman–Crippen MR) is 77.3 cm³/mol. The van der Waals surface area contributed by atoms with Crippen molar-refractivity contribution in [1.29, 1.82) is 0 Å². The highest BCUT2D eigenvalue weighted by molar-refractivity contribution is 5.55. The molecule has 0 aliphatic carbocycles. The lowest BCUT2D eigenvalue weighted by molar-refractivity contribution is 0.322. The molecule has 1 aromatic rings. The quantitative estimate of drug-likeness (QED) is 0.699. The summed E-state index contributed by atoms with van der Waals surface area (Å²) in [7, 11) is 4.92. The summed E-state index contributed by atoms with van der Waals surface area (Å²) in [6.45, 7) is 0.777. The molecule has 0 heterocycles. The minimum atomic E-state index is 0.671. The molecule has 19 heavy (non-hydrogen) atoms. The Morgan fingerprint density at radius 1 is 0.842 bits per heavy atom. The fourth-order valence-corrected chi connectivity index (χ4v) is 2.17. The number of rotatable bonds is 9. The van der Waals surface area contributed by atoms with Crippen molar-refractivity contribution in [1.82, 2.24) is 0 Å². The van der Waals surface area contributed by atoms with E-state index in [2.05, 4.69) is 0 Å². The highest BCUT2D eigenvalue weighted by Crippen LogP contribution is 2.40. The standard InChI is InChI=1S/C15H25NO3/c1-17-13-10-9-12(8-6-4-5-7-11-16)14(18-2)15(13)19-3/h9-10H,4-8,11,16H2,1-3H3. The van der Waals surface area contributed by atoms with Crippen molar-refractivity contribution in [3.63, 3.8) is 0 Å². The average Bonchev–Trinajstić information content (AvgIpc) is 2.45. The minimum absolute atomic E-state index is 0.671. The van der Waals surface area contributed by atoms with Crippen LogP contribution in [0.4, 0.5) is 0 Å². The van der Waals surface area contributed by atoms with Gasteiger partial charge >= 0.3 is 0 Å². The third-order valence-corrected chi connectivity index (χ3v) is 3.19. The van der Waals surface area contributed by atoms with E-state index in [1.165, 1.54) is 12.8 Å². The number of hydrogen-bond donors (Lipinski definition) is 1. The Bertz CT molecular complexity index is 380. The zero-order chi connectivity index (χ0) is 14.1. The van der Waals surface area contributed by atoms with E-state index in [-0.39, 0.29) is 0 Å². The van der Waals surface area contributed by atoms with Gasteiger partial charge in [0.05, 0.1) is 21.3 Å². The molecular formula is C15H25NO3. The summed E-state index contributed by atoms with van der Waals surface area (Å²) < 4.78 is 16.1. The van der Waals surface area contributed by atoms with Gasteiger partial charge in [0.2, 0.25) is 5.75 Å². The molecule has 0 radical (unpaired) electrons. The maximum atomic E-state index is 5.49. The maximum absolute atomic E-state index is 5.49. The number of aryl methyl sites for hydroxylation is 1. The molecule has 0 aliphatic rings. The van der Waals surface area contributed by atoms with E-state index in [4.69, 9.17) is 19.9 Å². The van der Waals surface area contributed by atoms with E-state index >= 15 is 0 Å². The summed E-state index contributed by atoms with van der Waals surface area (Å²) in [5.41, 5.74) is 6.65. The van der Waals surface area contributed by atoms with Gasteiger partial charge in [0.1, 0.15) is 0 Å². The Morgan fingerprint density at radius 2 is 1.53 bits per heavy atom. The van der Waals surface area contributed by atoms with Gasteiger partial charge in [-0.25, -0.2) is 0 Å². The zero-order valence-corrected chi connectivity index (χ0v) is 12.2. The van der Waals surface area contributed by atoms with Crippen LogP contribution in [0.25, 0.3) is 0 Å². The molecule has 0 saturated heterocycles. The number of methoxy groups -OCH3 is 3. The summed E-state index contributed by atoms with van der Waals surface area (Å²) in [4.78, 5) is 0. The molecule has 0 amide bonds. The number of nitrogens with two attached hydrogens (primary N) is 1. The molecule has 0 spiro atoms. The maximum Gasteiger partial charge on any atom is 0.203 e. The Morgan fingerprint density at radius 3 is 2.11 bits per heavy atom. The first-order chi connectivity index (χ1) is 9.28. The van der Waals surface area contributed by atoms with E-state index in [1.807, 2.05) is 12.1 Å². The van der Waals surface area contributed by atoms with Crippen LogP contribution in [0.15, 0.2) is 12.1 Å². The molecule has 0 unspecified atom stereocenters. The lowest BCUT2D eigenvalue weighted by atomic mass is 10.0. The van der Waals surface area contributed by atoms with Gasteiger partial charge in [-0.1, -0.05) is 18.9 Å². The van der Waals surface area contributed by atoms with Gasteiger partial charge in [0.15, 0.2) is 11.5 Å². The Hall–Kier alpha value is -1.42. The van der Waals surface area contributed by atoms with Crippen LogP contribution in [0.1, 0.15) is 31.2 Å². The SMILES string of the molecule is COc1ccc(CCCCCCN)c(OC)c1OC. The number of ether oxygens (including phenoxy) is 3. The molecule has 4 nitrogen and oxygen atoms in total. The fourth-order valence-electron chi connectivity index (χ4n) is 2.17. The molecule has 0 fully saturated rings. The van der Waals surface area contributed by atoms with Crippen molar-refractivity contribution in [2.24, 2.45) is 5.73 Å². The first-order valence-corrected chi connectivity index (χ1v) is 6.76. The highest BCUT2D eigenvalue weighted by Gasteiger charge is 2.15. The van der Waals surface area contributed by atoms with Crippen molar-refractivity contribution in [2.45, 2.75) is 32.1 Å². The van der Waals surface area contributed by atoms with E-state index in [9.17, 15) is 0 Å². The third kappa shape index (κ3) is 4.31. The Balaban J connectivity index is 2.72. The van der Waals surface area contributed by atoms with Crippen LogP contribution < -0.4 is 19.9 Å². The molecule has 2 N–H and O–H groups in total. The van der Waals surface area contributed by atoms with Crippen molar-refractivity contribution >= 4 is 0 Å².